The molecule has 3 heteroatoms. The molecule has 82 valence electrons. The maximum absolute atomic E-state index is 4.19. The lowest BCUT2D eigenvalue weighted by Crippen LogP contribution is -2.19. The van der Waals surface area contributed by atoms with Gasteiger partial charge in [0.15, 0.2) is 0 Å². The molecule has 1 aromatic rings. The summed E-state index contributed by atoms with van der Waals surface area (Å²) in [5.41, 5.74) is 2.29. The molecule has 1 saturated heterocycles. The number of nitrogens with zero attached hydrogens (tertiary/aromatic N) is 1. The third-order valence-corrected chi connectivity index (χ3v) is 3.88. The Hall–Kier alpha value is -0.700. The Balaban J connectivity index is 1.81. The van der Waals surface area contributed by atoms with E-state index in [4.69, 9.17) is 0 Å². The van der Waals surface area contributed by atoms with Crippen molar-refractivity contribution in [3.63, 3.8) is 0 Å². The molecule has 1 aliphatic heterocycles. The van der Waals surface area contributed by atoms with E-state index >= 15 is 0 Å². The van der Waals surface area contributed by atoms with Crippen LogP contribution in [-0.2, 0) is 0 Å². The van der Waals surface area contributed by atoms with Gasteiger partial charge in [-0.1, -0.05) is 0 Å². The highest BCUT2D eigenvalue weighted by molar-refractivity contribution is 7.99. The fourth-order valence-electron chi connectivity index (χ4n) is 1.87. The Morgan fingerprint density at radius 1 is 1.47 bits per heavy atom. The van der Waals surface area contributed by atoms with Gasteiger partial charge in [-0.2, -0.15) is 11.8 Å². The third kappa shape index (κ3) is 3.42. The van der Waals surface area contributed by atoms with Crippen LogP contribution in [0.15, 0.2) is 18.3 Å². The smallest absolute Gasteiger partial charge is 0.0393 e. The zero-order chi connectivity index (χ0) is 10.5. The van der Waals surface area contributed by atoms with Crippen LogP contribution in [0.1, 0.15) is 18.5 Å². The number of thioether (sulfide) groups is 1. The van der Waals surface area contributed by atoms with Crippen LogP contribution in [0.25, 0.3) is 0 Å². The number of rotatable bonds is 3. The van der Waals surface area contributed by atoms with E-state index in [0.717, 1.165) is 18.2 Å². The zero-order valence-corrected chi connectivity index (χ0v) is 10.0. The molecule has 1 fully saturated rings. The maximum atomic E-state index is 4.19. The van der Waals surface area contributed by atoms with Gasteiger partial charge < -0.3 is 5.32 Å². The topological polar surface area (TPSA) is 24.9 Å². The number of pyridine rings is 1. The summed E-state index contributed by atoms with van der Waals surface area (Å²) in [5.74, 6) is 3.53. The molecular weight excluding hydrogens is 204 g/mol. The zero-order valence-electron chi connectivity index (χ0n) is 9.20. The second-order valence-electron chi connectivity index (χ2n) is 4.12. The van der Waals surface area contributed by atoms with Crippen molar-refractivity contribution in [2.24, 2.45) is 5.92 Å². The molecule has 0 atom stereocenters. The van der Waals surface area contributed by atoms with E-state index in [1.54, 1.807) is 0 Å². The summed E-state index contributed by atoms with van der Waals surface area (Å²) in [7, 11) is 0. The molecule has 1 N–H and O–H groups in total. The summed E-state index contributed by atoms with van der Waals surface area (Å²) in [6.07, 6.45) is 4.60. The molecule has 0 bridgehead atoms. The average molecular weight is 222 g/mol. The predicted molar refractivity (Wildman–Crippen MR) is 67.5 cm³/mol. The Labute approximate surface area is 95.9 Å². The van der Waals surface area contributed by atoms with Crippen molar-refractivity contribution in [1.29, 1.82) is 0 Å². The van der Waals surface area contributed by atoms with Gasteiger partial charge in [0.25, 0.3) is 0 Å². The van der Waals surface area contributed by atoms with Crippen LogP contribution in [0, 0.1) is 12.8 Å². The number of aromatic nitrogens is 1. The second kappa shape index (κ2) is 5.40. The van der Waals surface area contributed by atoms with Crippen molar-refractivity contribution < 1.29 is 0 Å². The van der Waals surface area contributed by atoms with Gasteiger partial charge in [0.2, 0.25) is 0 Å². The van der Waals surface area contributed by atoms with Crippen LogP contribution in [0.5, 0.6) is 0 Å². The van der Waals surface area contributed by atoms with Gasteiger partial charge in [-0.15, -0.1) is 0 Å². The molecule has 0 saturated carbocycles. The van der Waals surface area contributed by atoms with E-state index in [-0.39, 0.29) is 0 Å². The molecule has 0 radical (unpaired) electrons. The first-order valence-electron chi connectivity index (χ1n) is 5.59. The monoisotopic (exact) mass is 222 g/mol. The van der Waals surface area contributed by atoms with Gasteiger partial charge in [0.1, 0.15) is 0 Å². The molecule has 1 aromatic heterocycles. The normalized spacial score (nSPS) is 17.7. The van der Waals surface area contributed by atoms with Gasteiger partial charge >= 0.3 is 0 Å². The standard InChI is InChI=1S/C12H18N2S/c1-10-8-12(2-5-13-10)14-9-11-3-6-15-7-4-11/h2,5,8,11H,3-4,6-7,9H2,1H3,(H,13,14). The average Bonchev–Trinajstić information content (AvgIpc) is 2.28. The molecule has 1 aliphatic rings. The van der Waals surface area contributed by atoms with Crippen molar-refractivity contribution in [2.45, 2.75) is 19.8 Å². The maximum Gasteiger partial charge on any atom is 0.0393 e. The lowest BCUT2D eigenvalue weighted by molar-refractivity contribution is 0.516. The van der Waals surface area contributed by atoms with Crippen molar-refractivity contribution in [1.82, 2.24) is 4.98 Å². The van der Waals surface area contributed by atoms with E-state index in [2.05, 4.69) is 28.1 Å². The van der Waals surface area contributed by atoms with Crippen LogP contribution in [-0.4, -0.2) is 23.0 Å². The minimum atomic E-state index is 0.861. The number of nitrogens with one attached hydrogen (secondary N) is 1. The molecule has 2 rings (SSSR count). The second-order valence-corrected chi connectivity index (χ2v) is 5.35. The molecule has 15 heavy (non-hydrogen) atoms. The molecular formula is C12H18N2S. The molecule has 0 aromatic carbocycles. The summed E-state index contributed by atoms with van der Waals surface area (Å²) in [6, 6.07) is 4.15. The van der Waals surface area contributed by atoms with Crippen molar-refractivity contribution in [2.75, 3.05) is 23.4 Å². The molecule has 0 unspecified atom stereocenters. The Kier molecular flexibility index (Phi) is 3.89. The van der Waals surface area contributed by atoms with Gasteiger partial charge in [-0.3, -0.25) is 4.98 Å². The number of aryl methyl sites for hydroxylation is 1. The molecule has 2 heterocycles. The number of hydrogen-bond acceptors (Lipinski definition) is 3. The number of anilines is 1. The van der Waals surface area contributed by atoms with Crippen LogP contribution >= 0.6 is 11.8 Å². The van der Waals surface area contributed by atoms with Gasteiger partial charge in [-0.25, -0.2) is 0 Å². The first-order chi connectivity index (χ1) is 7.34. The highest BCUT2D eigenvalue weighted by atomic mass is 32.2. The van der Waals surface area contributed by atoms with Gasteiger partial charge in [0.05, 0.1) is 0 Å². The fraction of sp³-hybridized carbons (Fsp3) is 0.583. The summed E-state index contributed by atoms with van der Waals surface area (Å²) in [5, 5.41) is 3.51. The predicted octanol–water partition coefficient (Wildman–Crippen LogP) is 2.95. The molecule has 0 spiro atoms. The Morgan fingerprint density at radius 2 is 2.27 bits per heavy atom. The fourth-order valence-corrected chi connectivity index (χ4v) is 3.07. The number of hydrogen-bond donors (Lipinski definition) is 1. The lowest BCUT2D eigenvalue weighted by atomic mass is 10.0. The largest absolute Gasteiger partial charge is 0.385 e. The van der Waals surface area contributed by atoms with E-state index in [1.165, 1.54) is 30.0 Å². The molecule has 2 nitrogen and oxygen atoms in total. The SMILES string of the molecule is Cc1cc(NCC2CCSCC2)ccn1. The van der Waals surface area contributed by atoms with E-state index in [1.807, 2.05) is 19.2 Å². The van der Waals surface area contributed by atoms with Crippen molar-refractivity contribution in [3.8, 4) is 0 Å². The minimum absolute atomic E-state index is 0.861. The highest BCUT2D eigenvalue weighted by Crippen LogP contribution is 2.23. The van der Waals surface area contributed by atoms with Crippen LogP contribution in [0.3, 0.4) is 0 Å². The van der Waals surface area contributed by atoms with Crippen LogP contribution < -0.4 is 5.32 Å². The first kappa shape index (κ1) is 10.8. The van der Waals surface area contributed by atoms with Crippen molar-refractivity contribution in [3.05, 3.63) is 24.0 Å². The highest BCUT2D eigenvalue weighted by Gasteiger charge is 2.12. The Morgan fingerprint density at radius 3 is 3.00 bits per heavy atom. The van der Waals surface area contributed by atoms with Crippen LogP contribution in [0.4, 0.5) is 5.69 Å². The molecule has 0 amide bonds. The first-order valence-corrected chi connectivity index (χ1v) is 6.74. The van der Waals surface area contributed by atoms with Crippen molar-refractivity contribution >= 4 is 17.4 Å². The molecule has 0 aliphatic carbocycles. The Bertz CT molecular complexity index is 308. The van der Waals surface area contributed by atoms with E-state index < -0.39 is 0 Å². The summed E-state index contributed by atoms with van der Waals surface area (Å²) < 4.78 is 0. The summed E-state index contributed by atoms with van der Waals surface area (Å²) >= 11 is 2.08. The minimum Gasteiger partial charge on any atom is -0.385 e. The summed E-state index contributed by atoms with van der Waals surface area (Å²) in [6.45, 7) is 3.15. The van der Waals surface area contributed by atoms with E-state index in [0.29, 0.717) is 0 Å². The van der Waals surface area contributed by atoms with Gasteiger partial charge in [0, 0.05) is 24.1 Å². The summed E-state index contributed by atoms with van der Waals surface area (Å²) in [4.78, 5) is 4.19. The lowest BCUT2D eigenvalue weighted by Gasteiger charge is -2.22. The van der Waals surface area contributed by atoms with Crippen LogP contribution in [0.2, 0.25) is 0 Å². The third-order valence-electron chi connectivity index (χ3n) is 2.83. The van der Waals surface area contributed by atoms with E-state index in [9.17, 15) is 0 Å². The van der Waals surface area contributed by atoms with Gasteiger partial charge in [-0.05, 0) is 49.3 Å². The quantitative estimate of drug-likeness (QED) is 0.851.